The quantitative estimate of drug-likeness (QED) is 0.727. The molecule has 0 bridgehead atoms. The molecule has 2 heterocycles. The number of likely N-dealkylation sites (N-methyl/N-ethyl adjacent to an activating group) is 1. The van der Waals surface area contributed by atoms with Crippen molar-refractivity contribution in [1.29, 1.82) is 0 Å². The van der Waals surface area contributed by atoms with E-state index in [-0.39, 0.29) is 23.9 Å². The average Bonchev–Trinajstić information content (AvgIpc) is 2.97. The number of amides is 2. The van der Waals surface area contributed by atoms with E-state index in [1.54, 1.807) is 23.9 Å². The molecule has 2 saturated heterocycles. The highest BCUT2D eigenvalue weighted by atomic mass is 16.2. The molecule has 1 unspecified atom stereocenters. The zero-order valence-electron chi connectivity index (χ0n) is 10.6. The summed E-state index contributed by atoms with van der Waals surface area (Å²) in [6.07, 6.45) is 3.69. The van der Waals surface area contributed by atoms with E-state index >= 15 is 0 Å². The molecule has 0 aliphatic carbocycles. The fourth-order valence-electron chi connectivity index (χ4n) is 2.68. The molecule has 0 spiro atoms. The smallest absolute Gasteiger partial charge is 0.244 e. The summed E-state index contributed by atoms with van der Waals surface area (Å²) in [5.74, 6) is 0.161. The van der Waals surface area contributed by atoms with Crippen molar-refractivity contribution < 1.29 is 9.59 Å². The van der Waals surface area contributed by atoms with Crippen LogP contribution < -0.4 is 5.32 Å². The van der Waals surface area contributed by atoms with Crippen LogP contribution in [-0.4, -0.2) is 60.9 Å². The number of carbonyl (C=O) groups excluding carboxylic acids is 2. The van der Waals surface area contributed by atoms with Gasteiger partial charge >= 0.3 is 0 Å². The van der Waals surface area contributed by atoms with E-state index in [0.29, 0.717) is 0 Å². The zero-order valence-corrected chi connectivity index (χ0v) is 10.6. The van der Waals surface area contributed by atoms with Gasteiger partial charge in [-0.25, -0.2) is 0 Å². The summed E-state index contributed by atoms with van der Waals surface area (Å²) in [7, 11) is 3.49. The molecule has 2 rings (SSSR count). The SMILES string of the molecule is CN(C)C(=O)C1CCCN1C(=O)[C@H]1CCCN1. The number of hydrogen-bond donors (Lipinski definition) is 1. The van der Waals surface area contributed by atoms with Crippen molar-refractivity contribution in [2.24, 2.45) is 0 Å². The van der Waals surface area contributed by atoms with Crippen LogP contribution in [0.4, 0.5) is 0 Å². The Morgan fingerprint density at radius 3 is 2.59 bits per heavy atom. The number of likely N-dealkylation sites (tertiary alicyclic amines) is 1. The van der Waals surface area contributed by atoms with Crippen molar-refractivity contribution in [3.05, 3.63) is 0 Å². The van der Waals surface area contributed by atoms with Crippen LogP contribution >= 0.6 is 0 Å². The molecule has 0 aromatic heterocycles. The van der Waals surface area contributed by atoms with Crippen molar-refractivity contribution in [2.75, 3.05) is 27.2 Å². The van der Waals surface area contributed by atoms with Crippen molar-refractivity contribution in [2.45, 2.75) is 37.8 Å². The molecule has 2 aliphatic rings. The van der Waals surface area contributed by atoms with Gasteiger partial charge in [0.2, 0.25) is 11.8 Å². The molecule has 96 valence electrons. The minimum atomic E-state index is -0.236. The summed E-state index contributed by atoms with van der Waals surface area (Å²) in [5.41, 5.74) is 0. The summed E-state index contributed by atoms with van der Waals surface area (Å²) < 4.78 is 0. The van der Waals surface area contributed by atoms with Crippen LogP contribution in [0.5, 0.6) is 0 Å². The molecular weight excluding hydrogens is 218 g/mol. The zero-order chi connectivity index (χ0) is 12.4. The first-order chi connectivity index (χ1) is 8.11. The van der Waals surface area contributed by atoms with Gasteiger partial charge in [0.15, 0.2) is 0 Å². The molecule has 2 aliphatic heterocycles. The molecule has 5 heteroatoms. The molecule has 0 aromatic rings. The second-order valence-electron chi connectivity index (χ2n) is 5.07. The van der Waals surface area contributed by atoms with Crippen molar-refractivity contribution in [1.82, 2.24) is 15.1 Å². The van der Waals surface area contributed by atoms with Crippen LogP contribution in [0.25, 0.3) is 0 Å². The number of nitrogens with zero attached hydrogens (tertiary/aromatic N) is 2. The standard InChI is InChI=1S/C12H21N3O2/c1-14(2)12(17)10-6-4-8-15(10)11(16)9-5-3-7-13-9/h9-10,13H,3-8H2,1-2H3/t9-,10?/m1/s1. The van der Waals surface area contributed by atoms with Crippen molar-refractivity contribution in [3.8, 4) is 0 Å². The Labute approximate surface area is 102 Å². The van der Waals surface area contributed by atoms with Gasteiger partial charge in [-0.3, -0.25) is 9.59 Å². The maximum atomic E-state index is 12.3. The third kappa shape index (κ3) is 2.44. The lowest BCUT2D eigenvalue weighted by Crippen LogP contribution is -2.50. The van der Waals surface area contributed by atoms with Gasteiger partial charge < -0.3 is 15.1 Å². The largest absolute Gasteiger partial charge is 0.347 e. The lowest BCUT2D eigenvalue weighted by atomic mass is 10.1. The highest BCUT2D eigenvalue weighted by Crippen LogP contribution is 2.21. The van der Waals surface area contributed by atoms with E-state index in [1.165, 1.54) is 0 Å². The minimum Gasteiger partial charge on any atom is -0.347 e. The van der Waals surface area contributed by atoms with Crippen molar-refractivity contribution >= 4 is 11.8 Å². The average molecular weight is 239 g/mol. The summed E-state index contributed by atoms with van der Waals surface area (Å²) in [6, 6.07) is -0.300. The first kappa shape index (κ1) is 12.4. The highest BCUT2D eigenvalue weighted by Gasteiger charge is 2.38. The third-order valence-corrected chi connectivity index (χ3v) is 3.62. The van der Waals surface area contributed by atoms with E-state index < -0.39 is 0 Å². The molecule has 2 fully saturated rings. The predicted octanol–water partition coefficient (Wildman–Crippen LogP) is -0.182. The van der Waals surface area contributed by atoms with E-state index in [1.807, 2.05) is 0 Å². The number of carbonyl (C=O) groups is 2. The van der Waals surface area contributed by atoms with Crippen LogP contribution in [0.2, 0.25) is 0 Å². The van der Waals surface area contributed by atoms with E-state index in [0.717, 1.165) is 38.8 Å². The van der Waals surface area contributed by atoms with Gasteiger partial charge in [-0.2, -0.15) is 0 Å². The third-order valence-electron chi connectivity index (χ3n) is 3.62. The van der Waals surface area contributed by atoms with Crippen LogP contribution in [0.15, 0.2) is 0 Å². The lowest BCUT2D eigenvalue weighted by Gasteiger charge is -2.28. The summed E-state index contributed by atoms with van der Waals surface area (Å²) in [6.45, 7) is 1.64. The lowest BCUT2D eigenvalue weighted by molar-refractivity contribution is -0.143. The summed E-state index contributed by atoms with van der Waals surface area (Å²) >= 11 is 0. The van der Waals surface area contributed by atoms with Gasteiger partial charge in [0.25, 0.3) is 0 Å². The number of rotatable bonds is 2. The highest BCUT2D eigenvalue weighted by molar-refractivity contribution is 5.90. The Kier molecular flexibility index (Phi) is 3.66. The molecule has 2 atom stereocenters. The van der Waals surface area contributed by atoms with Gasteiger partial charge in [-0.1, -0.05) is 0 Å². The van der Waals surface area contributed by atoms with Gasteiger partial charge in [0.1, 0.15) is 6.04 Å². The summed E-state index contributed by atoms with van der Waals surface area (Å²) in [4.78, 5) is 27.6. The normalized spacial score (nSPS) is 28.5. The maximum Gasteiger partial charge on any atom is 0.244 e. The van der Waals surface area contributed by atoms with Gasteiger partial charge in [0.05, 0.1) is 6.04 Å². The fraction of sp³-hybridized carbons (Fsp3) is 0.833. The Morgan fingerprint density at radius 1 is 1.24 bits per heavy atom. The Balaban J connectivity index is 2.03. The van der Waals surface area contributed by atoms with Gasteiger partial charge in [-0.15, -0.1) is 0 Å². The first-order valence-corrected chi connectivity index (χ1v) is 6.36. The van der Waals surface area contributed by atoms with E-state index in [2.05, 4.69) is 5.32 Å². The molecule has 0 radical (unpaired) electrons. The Bertz CT molecular complexity index is 311. The van der Waals surface area contributed by atoms with Crippen LogP contribution in [0, 0.1) is 0 Å². The van der Waals surface area contributed by atoms with Crippen LogP contribution in [0.1, 0.15) is 25.7 Å². The second kappa shape index (κ2) is 5.04. The topological polar surface area (TPSA) is 52.7 Å². The Morgan fingerprint density at radius 2 is 2.00 bits per heavy atom. The summed E-state index contributed by atoms with van der Waals surface area (Å²) in [5, 5.41) is 3.21. The van der Waals surface area contributed by atoms with Gasteiger partial charge in [-0.05, 0) is 32.2 Å². The number of hydrogen-bond acceptors (Lipinski definition) is 3. The number of nitrogens with one attached hydrogen (secondary N) is 1. The molecule has 17 heavy (non-hydrogen) atoms. The second-order valence-corrected chi connectivity index (χ2v) is 5.07. The molecule has 0 saturated carbocycles. The Hall–Kier alpha value is -1.10. The first-order valence-electron chi connectivity index (χ1n) is 6.36. The monoisotopic (exact) mass is 239 g/mol. The molecular formula is C12H21N3O2. The van der Waals surface area contributed by atoms with E-state index in [9.17, 15) is 9.59 Å². The van der Waals surface area contributed by atoms with Crippen LogP contribution in [-0.2, 0) is 9.59 Å². The van der Waals surface area contributed by atoms with Crippen molar-refractivity contribution in [3.63, 3.8) is 0 Å². The maximum absolute atomic E-state index is 12.3. The molecule has 5 nitrogen and oxygen atoms in total. The molecule has 1 N–H and O–H groups in total. The fourth-order valence-corrected chi connectivity index (χ4v) is 2.68. The van der Waals surface area contributed by atoms with Crippen LogP contribution in [0.3, 0.4) is 0 Å². The molecule has 2 amide bonds. The van der Waals surface area contributed by atoms with Gasteiger partial charge in [0, 0.05) is 20.6 Å². The van der Waals surface area contributed by atoms with E-state index in [4.69, 9.17) is 0 Å². The predicted molar refractivity (Wildman–Crippen MR) is 64.5 cm³/mol. The molecule has 0 aromatic carbocycles. The minimum absolute atomic E-state index is 0.0499.